The zero-order valence-electron chi connectivity index (χ0n) is 15.1. The Labute approximate surface area is 163 Å². The van der Waals surface area contributed by atoms with Gasteiger partial charge in [-0.3, -0.25) is 14.9 Å². The summed E-state index contributed by atoms with van der Waals surface area (Å²) in [4.78, 5) is 22.6. The number of hydrogen-bond donors (Lipinski definition) is 2. The van der Waals surface area contributed by atoms with E-state index in [0.29, 0.717) is 18.7 Å². The highest BCUT2D eigenvalue weighted by molar-refractivity contribution is 5.93. The predicted octanol–water partition coefficient (Wildman–Crippen LogP) is 1.81. The molecule has 1 aliphatic rings. The Morgan fingerprint density at radius 1 is 1.33 bits per heavy atom. The van der Waals surface area contributed by atoms with Gasteiger partial charge in [0, 0.05) is 18.7 Å². The standard InChI is InChI=1S/C17H22N6O3.ClH/c1-12-16(20-21-22(12)14-7-9-18-10-8-14)17(24)19-11-6-13-2-4-15(5-3-13)23(25)26;/h2-5,14,18H,6-11H2,1H3,(H,19,24);1H. The van der Waals surface area contributed by atoms with Gasteiger partial charge in [-0.1, -0.05) is 17.3 Å². The van der Waals surface area contributed by atoms with Gasteiger partial charge < -0.3 is 10.6 Å². The lowest BCUT2D eigenvalue weighted by molar-refractivity contribution is -0.384. The lowest BCUT2D eigenvalue weighted by atomic mass is 10.1. The zero-order valence-corrected chi connectivity index (χ0v) is 15.9. The average Bonchev–Trinajstić information content (AvgIpc) is 3.04. The molecule has 0 radical (unpaired) electrons. The maximum Gasteiger partial charge on any atom is 0.273 e. The van der Waals surface area contributed by atoms with Gasteiger partial charge >= 0.3 is 0 Å². The molecule has 10 heteroatoms. The number of nitrogens with zero attached hydrogens (tertiary/aromatic N) is 4. The third-order valence-corrected chi connectivity index (χ3v) is 4.64. The molecule has 1 aliphatic heterocycles. The van der Waals surface area contributed by atoms with E-state index in [0.717, 1.165) is 37.2 Å². The fraction of sp³-hybridized carbons (Fsp3) is 0.471. The van der Waals surface area contributed by atoms with E-state index in [1.165, 1.54) is 12.1 Å². The molecule has 1 saturated heterocycles. The van der Waals surface area contributed by atoms with Gasteiger partial charge in [-0.25, -0.2) is 4.68 Å². The van der Waals surface area contributed by atoms with Crippen LogP contribution in [0, 0.1) is 17.0 Å². The molecule has 9 nitrogen and oxygen atoms in total. The highest BCUT2D eigenvalue weighted by Gasteiger charge is 2.22. The van der Waals surface area contributed by atoms with Crippen molar-refractivity contribution in [2.24, 2.45) is 0 Å². The highest BCUT2D eigenvalue weighted by Crippen LogP contribution is 2.20. The van der Waals surface area contributed by atoms with Gasteiger partial charge in [0.05, 0.1) is 16.7 Å². The fourth-order valence-corrected chi connectivity index (χ4v) is 3.14. The molecule has 1 aromatic heterocycles. The molecule has 0 unspecified atom stereocenters. The van der Waals surface area contributed by atoms with Gasteiger partial charge in [0.1, 0.15) is 0 Å². The number of nitrogens with one attached hydrogen (secondary N) is 2. The van der Waals surface area contributed by atoms with Crippen LogP contribution in [-0.4, -0.2) is 45.5 Å². The Bertz CT molecular complexity index is 786. The smallest absolute Gasteiger partial charge is 0.273 e. The van der Waals surface area contributed by atoms with Crippen molar-refractivity contribution in [1.29, 1.82) is 0 Å². The zero-order chi connectivity index (χ0) is 18.5. The minimum atomic E-state index is -0.431. The number of non-ortho nitro benzene ring substituents is 1. The summed E-state index contributed by atoms with van der Waals surface area (Å²) in [6.45, 7) is 4.19. The van der Waals surface area contributed by atoms with Crippen LogP contribution in [0.2, 0.25) is 0 Å². The summed E-state index contributed by atoms with van der Waals surface area (Å²) in [5, 5.41) is 25.0. The van der Waals surface area contributed by atoms with Crippen LogP contribution in [0.3, 0.4) is 0 Å². The Morgan fingerprint density at radius 3 is 2.63 bits per heavy atom. The van der Waals surface area contributed by atoms with Crippen molar-refractivity contribution in [2.45, 2.75) is 32.2 Å². The van der Waals surface area contributed by atoms with Crippen LogP contribution < -0.4 is 10.6 Å². The summed E-state index contributed by atoms with van der Waals surface area (Å²) < 4.78 is 1.85. The normalized spacial score (nSPS) is 14.4. The van der Waals surface area contributed by atoms with Crippen molar-refractivity contribution in [2.75, 3.05) is 19.6 Å². The van der Waals surface area contributed by atoms with Gasteiger partial charge in [0.2, 0.25) is 0 Å². The number of piperidine rings is 1. The summed E-state index contributed by atoms with van der Waals surface area (Å²) in [7, 11) is 0. The number of nitro groups is 1. The summed E-state index contributed by atoms with van der Waals surface area (Å²) >= 11 is 0. The van der Waals surface area contributed by atoms with Crippen molar-refractivity contribution < 1.29 is 9.72 Å². The van der Waals surface area contributed by atoms with E-state index >= 15 is 0 Å². The molecule has 1 amide bonds. The Morgan fingerprint density at radius 2 is 2.00 bits per heavy atom. The quantitative estimate of drug-likeness (QED) is 0.570. The summed E-state index contributed by atoms with van der Waals surface area (Å²) in [5.41, 5.74) is 2.12. The summed E-state index contributed by atoms with van der Waals surface area (Å²) in [6.07, 6.45) is 2.54. The molecule has 0 atom stereocenters. The van der Waals surface area contributed by atoms with E-state index in [1.807, 2.05) is 11.6 Å². The second-order valence-corrected chi connectivity index (χ2v) is 6.38. The molecule has 2 heterocycles. The van der Waals surface area contributed by atoms with Gasteiger partial charge in [0.25, 0.3) is 11.6 Å². The summed E-state index contributed by atoms with van der Waals surface area (Å²) in [5.74, 6) is -0.246. The van der Waals surface area contributed by atoms with Crippen molar-refractivity contribution in [3.8, 4) is 0 Å². The first-order chi connectivity index (χ1) is 12.6. The first-order valence-electron chi connectivity index (χ1n) is 8.70. The molecule has 2 aromatic rings. The first kappa shape index (κ1) is 20.8. The highest BCUT2D eigenvalue weighted by atomic mass is 35.5. The molecule has 2 N–H and O–H groups in total. The van der Waals surface area contributed by atoms with Crippen LogP contribution in [0.15, 0.2) is 24.3 Å². The predicted molar refractivity (Wildman–Crippen MR) is 102 cm³/mol. The maximum atomic E-state index is 12.4. The van der Waals surface area contributed by atoms with Crippen molar-refractivity contribution in [3.63, 3.8) is 0 Å². The molecule has 0 spiro atoms. The number of nitro benzene ring substituents is 1. The first-order valence-corrected chi connectivity index (χ1v) is 8.70. The van der Waals surface area contributed by atoms with Crippen molar-refractivity contribution >= 4 is 24.0 Å². The van der Waals surface area contributed by atoms with Crippen LogP contribution in [0.5, 0.6) is 0 Å². The van der Waals surface area contributed by atoms with Crippen molar-refractivity contribution in [3.05, 3.63) is 51.3 Å². The second-order valence-electron chi connectivity index (χ2n) is 6.38. The van der Waals surface area contributed by atoms with Gasteiger partial charge in [-0.05, 0) is 44.8 Å². The number of carbonyl (C=O) groups is 1. The molecular formula is C17H23ClN6O3. The SMILES string of the molecule is Cc1c(C(=O)NCCc2ccc([N+](=O)[O-])cc2)nnn1C1CCNCC1.Cl. The minimum absolute atomic E-state index is 0. The van der Waals surface area contributed by atoms with Crippen LogP contribution in [0.4, 0.5) is 5.69 Å². The van der Waals surface area contributed by atoms with Gasteiger partial charge in [-0.2, -0.15) is 0 Å². The van der Waals surface area contributed by atoms with E-state index in [2.05, 4.69) is 20.9 Å². The van der Waals surface area contributed by atoms with Gasteiger partial charge in [-0.15, -0.1) is 17.5 Å². The number of amides is 1. The monoisotopic (exact) mass is 394 g/mol. The molecule has 1 aromatic carbocycles. The largest absolute Gasteiger partial charge is 0.350 e. The third kappa shape index (κ3) is 5.01. The Kier molecular flexibility index (Phi) is 7.26. The topological polar surface area (TPSA) is 115 Å². The van der Waals surface area contributed by atoms with E-state index in [-0.39, 0.29) is 30.0 Å². The van der Waals surface area contributed by atoms with Crippen LogP contribution in [0.1, 0.15) is 40.6 Å². The molecule has 146 valence electrons. The molecule has 1 fully saturated rings. The van der Waals surface area contributed by atoms with Crippen LogP contribution in [-0.2, 0) is 6.42 Å². The number of hydrogen-bond acceptors (Lipinski definition) is 6. The second kappa shape index (κ2) is 9.43. The van der Waals surface area contributed by atoms with E-state index in [9.17, 15) is 14.9 Å². The average molecular weight is 395 g/mol. The van der Waals surface area contributed by atoms with E-state index in [4.69, 9.17) is 0 Å². The molecule has 3 rings (SSSR count). The van der Waals surface area contributed by atoms with E-state index < -0.39 is 4.92 Å². The summed E-state index contributed by atoms with van der Waals surface area (Å²) in [6, 6.07) is 6.61. The molecule has 0 saturated carbocycles. The number of aromatic nitrogens is 3. The van der Waals surface area contributed by atoms with E-state index in [1.54, 1.807) is 12.1 Å². The lowest BCUT2D eigenvalue weighted by Crippen LogP contribution is -2.30. The maximum absolute atomic E-state index is 12.4. The van der Waals surface area contributed by atoms with Crippen LogP contribution >= 0.6 is 12.4 Å². The number of rotatable bonds is 6. The number of benzene rings is 1. The van der Waals surface area contributed by atoms with Crippen molar-refractivity contribution in [1.82, 2.24) is 25.6 Å². The number of carbonyl (C=O) groups excluding carboxylic acids is 1. The fourth-order valence-electron chi connectivity index (χ4n) is 3.14. The molecular weight excluding hydrogens is 372 g/mol. The third-order valence-electron chi connectivity index (χ3n) is 4.64. The molecule has 0 aliphatic carbocycles. The van der Waals surface area contributed by atoms with Crippen LogP contribution in [0.25, 0.3) is 0 Å². The number of halogens is 1. The lowest BCUT2D eigenvalue weighted by Gasteiger charge is -2.23. The minimum Gasteiger partial charge on any atom is -0.350 e. The molecule has 0 bridgehead atoms. The van der Waals surface area contributed by atoms with Gasteiger partial charge in [0.15, 0.2) is 5.69 Å². The Hall–Kier alpha value is -2.52. The Balaban J connectivity index is 0.00000261. The molecule has 27 heavy (non-hydrogen) atoms.